The van der Waals surface area contributed by atoms with Gasteiger partial charge < -0.3 is 0 Å². The van der Waals surface area contributed by atoms with Crippen molar-refractivity contribution in [1.82, 2.24) is 10.9 Å². The van der Waals surface area contributed by atoms with Crippen molar-refractivity contribution in [2.45, 2.75) is 9.10 Å². The lowest BCUT2D eigenvalue weighted by Gasteiger charge is -2.11. The molecule has 1 heterocycles. The first-order valence-electron chi connectivity index (χ1n) is 10.8. The summed E-state index contributed by atoms with van der Waals surface area (Å²) in [5, 5.41) is 1.63. The monoisotopic (exact) mass is 592 g/mol. The fourth-order valence-electron chi connectivity index (χ4n) is 3.15. The van der Waals surface area contributed by atoms with Gasteiger partial charge in [0.05, 0.1) is 4.90 Å². The van der Waals surface area contributed by atoms with Crippen LogP contribution in [0.1, 0.15) is 20.7 Å². The zero-order chi connectivity index (χ0) is 28.2. The first-order chi connectivity index (χ1) is 18.4. The van der Waals surface area contributed by atoms with Crippen molar-refractivity contribution < 1.29 is 35.2 Å². The van der Waals surface area contributed by atoms with Crippen molar-refractivity contribution >= 4 is 54.6 Å². The molecule has 0 saturated carbocycles. The number of hydrogen-bond acceptors (Lipinski definition) is 7. The fraction of sp³-hybridized carbons (Fsp3) is 0. The number of benzene rings is 3. The summed E-state index contributed by atoms with van der Waals surface area (Å²) >= 11 is 1.05. The number of carbonyl (C=O) groups excluding carboxylic acids is 2. The molecule has 15 heteroatoms. The van der Waals surface area contributed by atoms with Gasteiger partial charge >= 0.3 is 0 Å². The molecule has 3 aromatic carbocycles. The topological polar surface area (TPSA) is 151 Å². The Hall–Kier alpha value is -4.34. The van der Waals surface area contributed by atoms with Crippen LogP contribution in [0.3, 0.4) is 0 Å². The molecular weight excluding hydrogens is 574 g/mol. The van der Waals surface area contributed by atoms with Gasteiger partial charge in [-0.2, -0.15) is 0 Å². The van der Waals surface area contributed by atoms with Crippen molar-refractivity contribution in [2.24, 2.45) is 0 Å². The third kappa shape index (κ3) is 6.76. The first-order valence-corrected chi connectivity index (χ1v) is 14.6. The molecule has 0 atom stereocenters. The number of nitrogens with one attached hydrogen (secondary N) is 4. The lowest BCUT2D eigenvalue weighted by molar-refractivity contribution is 0.0846. The number of amides is 2. The molecular formula is C24H18F2N4O6S3. The summed E-state index contributed by atoms with van der Waals surface area (Å²) < 4.78 is 80.8. The van der Waals surface area contributed by atoms with Gasteiger partial charge in [0.15, 0.2) is 11.6 Å². The van der Waals surface area contributed by atoms with Crippen molar-refractivity contribution in [1.29, 1.82) is 0 Å². The minimum absolute atomic E-state index is 0.0286. The van der Waals surface area contributed by atoms with E-state index in [1.807, 2.05) is 0 Å². The van der Waals surface area contributed by atoms with Gasteiger partial charge in [0.25, 0.3) is 31.9 Å². The second kappa shape index (κ2) is 11.2. The summed E-state index contributed by atoms with van der Waals surface area (Å²) in [4.78, 5) is 24.4. The molecule has 2 amide bonds. The number of anilines is 2. The zero-order valence-electron chi connectivity index (χ0n) is 19.5. The normalized spacial score (nSPS) is 11.4. The lowest BCUT2D eigenvalue weighted by atomic mass is 10.2. The van der Waals surface area contributed by atoms with E-state index in [0.29, 0.717) is 12.1 Å². The quantitative estimate of drug-likeness (QED) is 0.229. The van der Waals surface area contributed by atoms with Gasteiger partial charge in [0.2, 0.25) is 0 Å². The van der Waals surface area contributed by atoms with Gasteiger partial charge in [-0.25, -0.2) is 25.6 Å². The van der Waals surface area contributed by atoms with E-state index in [1.165, 1.54) is 54.6 Å². The van der Waals surface area contributed by atoms with Crippen LogP contribution < -0.4 is 20.3 Å². The number of halogens is 2. The second-order valence-corrected chi connectivity index (χ2v) is 12.3. The highest BCUT2D eigenvalue weighted by Crippen LogP contribution is 2.21. The van der Waals surface area contributed by atoms with Gasteiger partial charge in [-0.05, 0) is 72.1 Å². The minimum atomic E-state index is -4.29. The molecule has 0 fully saturated rings. The summed E-state index contributed by atoms with van der Waals surface area (Å²) in [6, 6.07) is 15.8. The smallest absolute Gasteiger partial charge is 0.271 e. The van der Waals surface area contributed by atoms with Crippen LogP contribution in [0.2, 0.25) is 0 Å². The van der Waals surface area contributed by atoms with E-state index in [-0.39, 0.29) is 26.7 Å². The number of carbonyl (C=O) groups is 2. The van der Waals surface area contributed by atoms with Crippen LogP contribution in [-0.4, -0.2) is 28.6 Å². The predicted octanol–water partition coefficient (Wildman–Crippen LogP) is 3.70. The number of sulfonamides is 2. The van der Waals surface area contributed by atoms with E-state index in [9.17, 15) is 35.2 Å². The number of hydrogen-bond donors (Lipinski definition) is 4. The summed E-state index contributed by atoms with van der Waals surface area (Å²) in [5.41, 5.74) is 4.66. The van der Waals surface area contributed by atoms with Crippen LogP contribution in [0.5, 0.6) is 0 Å². The van der Waals surface area contributed by atoms with Crippen LogP contribution in [-0.2, 0) is 20.0 Å². The molecule has 1 aromatic heterocycles. The standard InChI is InChI=1S/C24H18F2N4O6S3/c25-20-11-10-19(14-21(20)26)38(33,34)30-18-4-1-3-16(13-18)24(32)28-27-23(31)15-6-8-17(9-7-15)29-39(35,36)22-5-2-12-37-22/h1-14,29-30H,(H,27,31)(H,28,32). The Morgan fingerprint density at radius 3 is 1.95 bits per heavy atom. The lowest BCUT2D eigenvalue weighted by Crippen LogP contribution is -2.41. The van der Waals surface area contributed by atoms with Gasteiger partial charge in [0, 0.05) is 22.5 Å². The van der Waals surface area contributed by atoms with E-state index in [1.54, 1.807) is 11.4 Å². The molecule has 4 aromatic rings. The first kappa shape index (κ1) is 27.7. The Labute approximate surface area is 225 Å². The summed E-state index contributed by atoms with van der Waals surface area (Å²) in [5.74, 6) is -4.02. The molecule has 0 aliphatic rings. The second-order valence-electron chi connectivity index (χ2n) is 7.79. The Morgan fingerprint density at radius 2 is 1.31 bits per heavy atom. The van der Waals surface area contributed by atoms with Crippen molar-refractivity contribution in [3.8, 4) is 0 Å². The van der Waals surface area contributed by atoms with E-state index < -0.39 is 48.4 Å². The zero-order valence-corrected chi connectivity index (χ0v) is 22.0. The average Bonchev–Trinajstić information content (AvgIpc) is 3.45. The average molecular weight is 593 g/mol. The van der Waals surface area contributed by atoms with Gasteiger partial charge in [-0.3, -0.25) is 29.9 Å². The number of hydrazine groups is 1. The van der Waals surface area contributed by atoms with E-state index >= 15 is 0 Å². The Kier molecular flexibility index (Phi) is 7.94. The maximum absolute atomic E-state index is 13.4. The molecule has 0 aliphatic carbocycles. The molecule has 0 spiro atoms. The van der Waals surface area contributed by atoms with Crippen LogP contribution in [0.4, 0.5) is 20.2 Å². The van der Waals surface area contributed by atoms with Gasteiger partial charge in [0.1, 0.15) is 4.21 Å². The highest BCUT2D eigenvalue weighted by Gasteiger charge is 2.18. The predicted molar refractivity (Wildman–Crippen MR) is 140 cm³/mol. The third-order valence-corrected chi connectivity index (χ3v) is 9.18. The van der Waals surface area contributed by atoms with Gasteiger partial charge in [-0.1, -0.05) is 12.1 Å². The highest BCUT2D eigenvalue weighted by molar-refractivity contribution is 7.94. The Balaban J connectivity index is 1.36. The number of rotatable bonds is 8. The fourth-order valence-corrected chi connectivity index (χ4v) is 6.26. The van der Waals surface area contributed by atoms with E-state index in [4.69, 9.17) is 0 Å². The SMILES string of the molecule is O=C(NNC(=O)c1cccc(NS(=O)(=O)c2ccc(F)c(F)c2)c1)c1ccc(NS(=O)(=O)c2cccs2)cc1. The summed E-state index contributed by atoms with van der Waals surface area (Å²) in [7, 11) is -8.04. The van der Waals surface area contributed by atoms with Crippen molar-refractivity contribution in [3.63, 3.8) is 0 Å². The molecule has 4 N–H and O–H groups in total. The third-order valence-electron chi connectivity index (χ3n) is 5.03. The van der Waals surface area contributed by atoms with Crippen LogP contribution in [0, 0.1) is 11.6 Å². The largest absolute Gasteiger partial charge is 0.280 e. The van der Waals surface area contributed by atoms with Gasteiger partial charge in [-0.15, -0.1) is 11.3 Å². The molecule has 0 saturated heterocycles. The van der Waals surface area contributed by atoms with E-state index in [0.717, 1.165) is 17.4 Å². The van der Waals surface area contributed by atoms with Crippen molar-refractivity contribution in [3.05, 3.63) is 107 Å². The molecule has 4 rings (SSSR count). The maximum atomic E-state index is 13.4. The van der Waals surface area contributed by atoms with Crippen molar-refractivity contribution in [2.75, 3.05) is 9.44 Å². The maximum Gasteiger partial charge on any atom is 0.271 e. The molecule has 39 heavy (non-hydrogen) atoms. The number of thiophene rings is 1. The molecule has 0 aliphatic heterocycles. The molecule has 0 bridgehead atoms. The summed E-state index contributed by atoms with van der Waals surface area (Å²) in [6.45, 7) is 0. The van der Waals surface area contributed by atoms with Crippen LogP contribution in [0.15, 0.2) is 93.3 Å². The van der Waals surface area contributed by atoms with E-state index in [2.05, 4.69) is 20.3 Å². The molecule has 0 radical (unpaired) electrons. The highest BCUT2D eigenvalue weighted by atomic mass is 32.2. The Morgan fingerprint density at radius 1 is 0.641 bits per heavy atom. The van der Waals surface area contributed by atoms with Crippen LogP contribution >= 0.6 is 11.3 Å². The minimum Gasteiger partial charge on any atom is -0.280 e. The Bertz CT molecular complexity index is 1740. The van der Waals surface area contributed by atoms with Crippen LogP contribution in [0.25, 0.3) is 0 Å². The molecule has 10 nitrogen and oxygen atoms in total. The molecule has 202 valence electrons. The molecule has 0 unspecified atom stereocenters. The summed E-state index contributed by atoms with van der Waals surface area (Å²) in [6.07, 6.45) is 0.